The molecule has 0 bridgehead atoms. The van der Waals surface area contributed by atoms with Crippen LogP contribution in [0.15, 0.2) is 0 Å². The summed E-state index contributed by atoms with van der Waals surface area (Å²) in [5.74, 6) is -0.580. The lowest BCUT2D eigenvalue weighted by Crippen LogP contribution is -2.33. The summed E-state index contributed by atoms with van der Waals surface area (Å²) in [6.45, 7) is 3.95. The maximum Gasteiger partial charge on any atom is 0.171 e. The van der Waals surface area contributed by atoms with Gasteiger partial charge in [-0.3, -0.25) is 0 Å². The fraction of sp³-hybridized carbons (Fsp3) is 1.00. The molecule has 0 saturated carbocycles. The van der Waals surface area contributed by atoms with E-state index >= 15 is 0 Å². The van der Waals surface area contributed by atoms with Gasteiger partial charge < -0.3 is 9.47 Å². The minimum atomic E-state index is -0.580. The number of halogens is 2. The van der Waals surface area contributed by atoms with E-state index in [0.29, 0.717) is 0 Å². The molecule has 0 aromatic carbocycles. The average Bonchev–Trinajstić information content (AvgIpc) is 2.04. The topological polar surface area (TPSA) is 18.5 Å². The van der Waals surface area contributed by atoms with Crippen LogP contribution in [-0.2, 0) is 9.47 Å². The standard InChI is InChI=1S/C7H14Cl2O2/c1-3-7(4-2,10-5-8)11-6-9/h3-6H2,1-2H3. The summed E-state index contributed by atoms with van der Waals surface area (Å²) in [5, 5.41) is 0. The lowest BCUT2D eigenvalue weighted by atomic mass is 10.1. The highest BCUT2D eigenvalue weighted by atomic mass is 35.5. The van der Waals surface area contributed by atoms with E-state index in [0.717, 1.165) is 12.8 Å². The summed E-state index contributed by atoms with van der Waals surface area (Å²) in [7, 11) is 0. The van der Waals surface area contributed by atoms with E-state index in [1.807, 2.05) is 13.8 Å². The molecule has 68 valence electrons. The van der Waals surface area contributed by atoms with Crippen LogP contribution < -0.4 is 0 Å². The third kappa shape index (κ3) is 3.61. The summed E-state index contributed by atoms with van der Waals surface area (Å²) in [4.78, 5) is 0. The number of ether oxygens (including phenoxy) is 2. The Morgan fingerprint density at radius 2 is 1.36 bits per heavy atom. The van der Waals surface area contributed by atoms with Crippen molar-refractivity contribution >= 4 is 23.2 Å². The van der Waals surface area contributed by atoms with E-state index in [4.69, 9.17) is 32.7 Å². The van der Waals surface area contributed by atoms with Gasteiger partial charge in [-0.2, -0.15) is 0 Å². The first-order valence-corrected chi connectivity index (χ1v) is 4.71. The molecule has 0 aliphatic carbocycles. The summed E-state index contributed by atoms with van der Waals surface area (Å²) >= 11 is 10.9. The van der Waals surface area contributed by atoms with Gasteiger partial charge in [-0.05, 0) is 12.8 Å². The summed E-state index contributed by atoms with van der Waals surface area (Å²) in [6, 6.07) is 0.275. The molecule has 0 N–H and O–H groups in total. The van der Waals surface area contributed by atoms with Gasteiger partial charge in [-0.15, -0.1) is 0 Å². The second-order valence-electron chi connectivity index (χ2n) is 2.12. The van der Waals surface area contributed by atoms with Crippen molar-refractivity contribution in [2.75, 3.05) is 12.1 Å². The Bertz CT molecular complexity index is 86.4. The molecule has 2 nitrogen and oxygen atoms in total. The van der Waals surface area contributed by atoms with Crippen LogP contribution in [0.1, 0.15) is 26.7 Å². The van der Waals surface area contributed by atoms with E-state index in [-0.39, 0.29) is 12.1 Å². The van der Waals surface area contributed by atoms with Crippen LogP contribution in [0, 0.1) is 0 Å². The molecule has 0 spiro atoms. The second kappa shape index (κ2) is 6.06. The average molecular weight is 201 g/mol. The van der Waals surface area contributed by atoms with E-state index < -0.39 is 5.79 Å². The molecule has 0 aliphatic rings. The predicted molar refractivity (Wildman–Crippen MR) is 46.9 cm³/mol. The highest BCUT2D eigenvalue weighted by Crippen LogP contribution is 2.22. The molecule has 11 heavy (non-hydrogen) atoms. The quantitative estimate of drug-likeness (QED) is 0.485. The number of alkyl halides is 2. The Morgan fingerprint density at radius 1 is 1.00 bits per heavy atom. The van der Waals surface area contributed by atoms with Gasteiger partial charge in [0.2, 0.25) is 0 Å². The van der Waals surface area contributed by atoms with Crippen molar-refractivity contribution in [3.63, 3.8) is 0 Å². The van der Waals surface area contributed by atoms with Crippen molar-refractivity contribution in [2.24, 2.45) is 0 Å². The van der Waals surface area contributed by atoms with Gasteiger partial charge in [0, 0.05) is 0 Å². The van der Waals surface area contributed by atoms with Gasteiger partial charge in [0.15, 0.2) is 5.79 Å². The predicted octanol–water partition coefficient (Wildman–Crippen LogP) is 2.93. The maximum atomic E-state index is 5.43. The lowest BCUT2D eigenvalue weighted by molar-refractivity contribution is -0.220. The zero-order chi connectivity index (χ0) is 8.74. The summed E-state index contributed by atoms with van der Waals surface area (Å²) in [5.41, 5.74) is 0. The van der Waals surface area contributed by atoms with Crippen LogP contribution in [0.3, 0.4) is 0 Å². The molecular weight excluding hydrogens is 187 g/mol. The maximum absolute atomic E-state index is 5.43. The lowest BCUT2D eigenvalue weighted by Gasteiger charge is -2.29. The van der Waals surface area contributed by atoms with E-state index in [9.17, 15) is 0 Å². The number of rotatable bonds is 6. The Balaban J connectivity index is 3.96. The Morgan fingerprint density at radius 3 is 1.55 bits per heavy atom. The zero-order valence-electron chi connectivity index (χ0n) is 6.90. The molecule has 0 heterocycles. The van der Waals surface area contributed by atoms with E-state index in [1.54, 1.807) is 0 Å². The van der Waals surface area contributed by atoms with Crippen molar-refractivity contribution in [1.82, 2.24) is 0 Å². The third-order valence-electron chi connectivity index (χ3n) is 1.71. The molecule has 0 atom stereocenters. The molecule has 0 aromatic heterocycles. The van der Waals surface area contributed by atoms with Gasteiger partial charge in [0.25, 0.3) is 0 Å². The smallest absolute Gasteiger partial charge is 0.171 e. The van der Waals surface area contributed by atoms with Gasteiger partial charge in [0.1, 0.15) is 12.1 Å². The van der Waals surface area contributed by atoms with Crippen LogP contribution in [0.4, 0.5) is 0 Å². The number of hydrogen-bond donors (Lipinski definition) is 0. The fourth-order valence-electron chi connectivity index (χ4n) is 0.899. The second-order valence-corrected chi connectivity index (χ2v) is 2.56. The van der Waals surface area contributed by atoms with E-state index in [2.05, 4.69) is 0 Å². The van der Waals surface area contributed by atoms with Crippen LogP contribution in [0.2, 0.25) is 0 Å². The molecule has 0 fully saturated rings. The zero-order valence-corrected chi connectivity index (χ0v) is 8.41. The molecule has 0 saturated heterocycles. The molecule has 4 heteroatoms. The molecule has 0 radical (unpaired) electrons. The van der Waals surface area contributed by atoms with Crippen LogP contribution in [0.5, 0.6) is 0 Å². The van der Waals surface area contributed by atoms with Gasteiger partial charge in [-0.25, -0.2) is 0 Å². The van der Waals surface area contributed by atoms with Gasteiger partial charge in [-0.1, -0.05) is 37.0 Å². The van der Waals surface area contributed by atoms with Crippen molar-refractivity contribution in [3.8, 4) is 0 Å². The SMILES string of the molecule is CCC(CC)(OCCl)OCCl. The minimum absolute atomic E-state index is 0.137. The molecule has 0 rings (SSSR count). The first-order chi connectivity index (χ1) is 5.24. The van der Waals surface area contributed by atoms with Gasteiger partial charge in [0.05, 0.1) is 0 Å². The normalized spacial score (nSPS) is 12.0. The molecule has 0 aliphatic heterocycles. The van der Waals surface area contributed by atoms with Crippen LogP contribution in [0.25, 0.3) is 0 Å². The molecular formula is C7H14Cl2O2. The van der Waals surface area contributed by atoms with E-state index in [1.165, 1.54) is 0 Å². The molecule has 0 aromatic rings. The van der Waals surface area contributed by atoms with Crippen molar-refractivity contribution < 1.29 is 9.47 Å². The summed E-state index contributed by atoms with van der Waals surface area (Å²) in [6.07, 6.45) is 1.51. The van der Waals surface area contributed by atoms with Gasteiger partial charge >= 0.3 is 0 Å². The van der Waals surface area contributed by atoms with Crippen LogP contribution in [-0.4, -0.2) is 17.9 Å². The Hall–Kier alpha value is 0.500. The first kappa shape index (κ1) is 11.5. The highest BCUT2D eigenvalue weighted by Gasteiger charge is 2.26. The molecule has 0 amide bonds. The minimum Gasteiger partial charge on any atom is -0.334 e. The first-order valence-electron chi connectivity index (χ1n) is 3.64. The van der Waals surface area contributed by atoms with Crippen molar-refractivity contribution in [1.29, 1.82) is 0 Å². The fourth-order valence-corrected chi connectivity index (χ4v) is 1.30. The number of hydrogen-bond acceptors (Lipinski definition) is 2. The van der Waals surface area contributed by atoms with Crippen molar-refractivity contribution in [3.05, 3.63) is 0 Å². The monoisotopic (exact) mass is 200 g/mol. The highest BCUT2D eigenvalue weighted by molar-refractivity contribution is 6.17. The van der Waals surface area contributed by atoms with Crippen molar-refractivity contribution in [2.45, 2.75) is 32.5 Å². The molecule has 0 unspecified atom stereocenters. The van der Waals surface area contributed by atoms with Crippen LogP contribution >= 0.6 is 23.2 Å². The third-order valence-corrected chi connectivity index (χ3v) is 1.93. The Kier molecular flexibility index (Phi) is 6.34. The largest absolute Gasteiger partial charge is 0.334 e. The Labute approximate surface area is 77.8 Å². The summed E-state index contributed by atoms with van der Waals surface area (Å²) < 4.78 is 10.5.